The van der Waals surface area contributed by atoms with Gasteiger partial charge >= 0.3 is 5.97 Å². The molecule has 0 saturated carbocycles. The molecule has 1 spiro atoms. The van der Waals surface area contributed by atoms with E-state index in [9.17, 15) is 9.59 Å². The van der Waals surface area contributed by atoms with Gasteiger partial charge in [-0.15, -0.1) is 0 Å². The third-order valence-corrected chi connectivity index (χ3v) is 4.86. The number of hydrogen-bond acceptors (Lipinski definition) is 5. The number of carbonyl (C=O) groups is 2. The second kappa shape index (κ2) is 6.28. The minimum Gasteiger partial charge on any atom is -0.460 e. The van der Waals surface area contributed by atoms with Crippen LogP contribution in [0.3, 0.4) is 0 Å². The maximum Gasteiger partial charge on any atom is 0.312 e. The van der Waals surface area contributed by atoms with E-state index in [1.807, 2.05) is 13.8 Å². The van der Waals surface area contributed by atoms with Crippen molar-refractivity contribution in [2.75, 3.05) is 19.6 Å². The van der Waals surface area contributed by atoms with Crippen LogP contribution in [0.1, 0.15) is 40.9 Å². The van der Waals surface area contributed by atoms with Crippen LogP contribution < -0.4 is 10.6 Å². The van der Waals surface area contributed by atoms with Gasteiger partial charge in [-0.2, -0.15) is 0 Å². The van der Waals surface area contributed by atoms with Gasteiger partial charge in [0.25, 0.3) is 5.91 Å². The third-order valence-electron chi connectivity index (χ3n) is 4.86. The quantitative estimate of drug-likeness (QED) is 0.817. The van der Waals surface area contributed by atoms with Gasteiger partial charge in [0.05, 0.1) is 12.0 Å². The molecule has 23 heavy (non-hydrogen) atoms. The molecule has 1 atom stereocenters. The van der Waals surface area contributed by atoms with Crippen LogP contribution in [0.5, 0.6) is 0 Å². The Balaban J connectivity index is 1.60. The number of hydrogen-bond donors (Lipinski definition) is 2. The van der Waals surface area contributed by atoms with Gasteiger partial charge in [-0.3, -0.25) is 14.6 Å². The van der Waals surface area contributed by atoms with Crippen molar-refractivity contribution >= 4 is 11.9 Å². The van der Waals surface area contributed by atoms with Crippen LogP contribution in [-0.2, 0) is 9.53 Å². The number of carbonyl (C=O) groups excluding carboxylic acids is 2. The average Bonchev–Trinajstić information content (AvgIpc) is 2.84. The molecular formula is C17H23N3O3. The van der Waals surface area contributed by atoms with Crippen LogP contribution in [0.15, 0.2) is 12.3 Å². The summed E-state index contributed by atoms with van der Waals surface area (Å²) in [6, 6.07) is 1.78. The van der Waals surface area contributed by atoms with Crippen molar-refractivity contribution in [3.8, 4) is 0 Å². The summed E-state index contributed by atoms with van der Waals surface area (Å²) < 4.78 is 5.50. The molecule has 1 aromatic heterocycles. The number of ether oxygens (including phenoxy) is 1. The highest BCUT2D eigenvalue weighted by atomic mass is 16.6. The van der Waals surface area contributed by atoms with E-state index in [-0.39, 0.29) is 23.4 Å². The molecule has 6 nitrogen and oxygen atoms in total. The predicted octanol–water partition coefficient (Wildman–Crippen LogP) is 1.11. The van der Waals surface area contributed by atoms with Crippen molar-refractivity contribution in [1.29, 1.82) is 0 Å². The van der Waals surface area contributed by atoms with Crippen molar-refractivity contribution in [3.05, 3.63) is 29.1 Å². The number of cyclic esters (lactones) is 1. The highest BCUT2D eigenvalue weighted by Crippen LogP contribution is 2.41. The van der Waals surface area contributed by atoms with Gasteiger partial charge in [-0.25, -0.2) is 0 Å². The molecule has 2 aliphatic rings. The summed E-state index contributed by atoms with van der Waals surface area (Å²) in [6.07, 6.45) is 3.80. The van der Waals surface area contributed by atoms with Gasteiger partial charge in [-0.05, 0) is 51.4 Å². The highest BCUT2D eigenvalue weighted by molar-refractivity contribution is 5.95. The number of aromatic nitrogens is 1. The Hall–Kier alpha value is -1.95. The lowest BCUT2D eigenvalue weighted by molar-refractivity contribution is -0.149. The predicted molar refractivity (Wildman–Crippen MR) is 85.1 cm³/mol. The second-order valence-electron chi connectivity index (χ2n) is 6.61. The van der Waals surface area contributed by atoms with E-state index >= 15 is 0 Å². The molecule has 2 fully saturated rings. The topological polar surface area (TPSA) is 80.3 Å². The van der Waals surface area contributed by atoms with Crippen LogP contribution in [0.4, 0.5) is 0 Å². The summed E-state index contributed by atoms with van der Waals surface area (Å²) in [4.78, 5) is 28.7. The molecule has 1 aromatic rings. The maximum atomic E-state index is 12.3. The first-order valence-electron chi connectivity index (χ1n) is 8.13. The average molecular weight is 317 g/mol. The Morgan fingerprint density at radius 3 is 2.91 bits per heavy atom. The smallest absolute Gasteiger partial charge is 0.312 e. The van der Waals surface area contributed by atoms with E-state index in [1.165, 1.54) is 0 Å². The zero-order valence-corrected chi connectivity index (χ0v) is 13.6. The molecule has 1 unspecified atom stereocenters. The van der Waals surface area contributed by atoms with Crippen LogP contribution >= 0.6 is 0 Å². The van der Waals surface area contributed by atoms with Gasteiger partial charge in [0.2, 0.25) is 0 Å². The summed E-state index contributed by atoms with van der Waals surface area (Å²) in [5.74, 6) is -0.246. The Labute approximate surface area is 136 Å². The van der Waals surface area contributed by atoms with Crippen molar-refractivity contribution in [3.63, 3.8) is 0 Å². The molecule has 0 aliphatic carbocycles. The first-order chi connectivity index (χ1) is 11.0. The number of nitrogens with zero attached hydrogens (tertiary/aromatic N) is 1. The summed E-state index contributed by atoms with van der Waals surface area (Å²) in [7, 11) is 0. The zero-order chi connectivity index (χ0) is 16.4. The van der Waals surface area contributed by atoms with Gasteiger partial charge in [0, 0.05) is 23.9 Å². The van der Waals surface area contributed by atoms with Crippen LogP contribution in [0.25, 0.3) is 0 Å². The van der Waals surface area contributed by atoms with Crippen molar-refractivity contribution in [1.82, 2.24) is 15.6 Å². The number of piperidine rings is 1. The van der Waals surface area contributed by atoms with Gasteiger partial charge < -0.3 is 15.4 Å². The molecule has 3 heterocycles. The molecule has 6 heteroatoms. The molecule has 2 N–H and O–H groups in total. The summed E-state index contributed by atoms with van der Waals surface area (Å²) in [5, 5.41) is 6.16. The SMILES string of the molecule is Cc1cc(C(=O)NCC2CC3(CCNCC3)C(=O)O2)c(C)cn1. The monoisotopic (exact) mass is 317 g/mol. The zero-order valence-electron chi connectivity index (χ0n) is 13.6. The summed E-state index contributed by atoms with van der Waals surface area (Å²) in [5.41, 5.74) is 1.93. The largest absolute Gasteiger partial charge is 0.460 e. The van der Waals surface area contributed by atoms with Crippen LogP contribution in [0, 0.1) is 19.3 Å². The van der Waals surface area contributed by atoms with Crippen molar-refractivity contribution in [2.24, 2.45) is 5.41 Å². The molecule has 2 saturated heterocycles. The lowest BCUT2D eigenvalue weighted by Crippen LogP contribution is -2.39. The van der Waals surface area contributed by atoms with Gasteiger partial charge in [0.1, 0.15) is 6.10 Å². The normalized spacial score (nSPS) is 22.9. The van der Waals surface area contributed by atoms with Crippen LogP contribution in [0.2, 0.25) is 0 Å². The molecule has 2 aliphatic heterocycles. The number of rotatable bonds is 3. The standard InChI is InChI=1S/C17H23N3O3/c1-11-9-19-12(2)7-14(11)15(21)20-10-13-8-17(16(22)23-13)3-5-18-6-4-17/h7,9,13,18H,3-6,8,10H2,1-2H3,(H,20,21). The second-order valence-corrected chi connectivity index (χ2v) is 6.61. The minimum absolute atomic E-state index is 0.103. The minimum atomic E-state index is -0.343. The first-order valence-corrected chi connectivity index (χ1v) is 8.13. The summed E-state index contributed by atoms with van der Waals surface area (Å²) >= 11 is 0. The molecule has 124 valence electrons. The van der Waals surface area contributed by atoms with E-state index < -0.39 is 0 Å². The molecule has 1 amide bonds. The number of pyridine rings is 1. The molecule has 3 rings (SSSR count). The number of esters is 1. The van der Waals surface area contributed by atoms with E-state index in [0.29, 0.717) is 18.5 Å². The van der Waals surface area contributed by atoms with Crippen LogP contribution in [-0.4, -0.2) is 42.6 Å². The van der Waals surface area contributed by atoms with E-state index in [1.54, 1.807) is 12.3 Å². The van der Waals surface area contributed by atoms with E-state index in [2.05, 4.69) is 15.6 Å². The Kier molecular flexibility index (Phi) is 4.35. The van der Waals surface area contributed by atoms with Gasteiger partial charge in [0.15, 0.2) is 0 Å². The fourth-order valence-corrected chi connectivity index (χ4v) is 3.44. The highest BCUT2D eigenvalue weighted by Gasteiger charge is 2.49. The number of amides is 1. The first kappa shape index (κ1) is 15.9. The Morgan fingerprint density at radius 1 is 1.43 bits per heavy atom. The van der Waals surface area contributed by atoms with Crippen molar-refractivity contribution < 1.29 is 14.3 Å². The van der Waals surface area contributed by atoms with Crippen molar-refractivity contribution in [2.45, 2.75) is 39.2 Å². The molecular weight excluding hydrogens is 294 g/mol. The molecule has 0 radical (unpaired) electrons. The number of aryl methyl sites for hydroxylation is 2. The Morgan fingerprint density at radius 2 is 2.17 bits per heavy atom. The maximum absolute atomic E-state index is 12.3. The molecule has 0 aromatic carbocycles. The lowest BCUT2D eigenvalue weighted by Gasteiger charge is -2.29. The lowest BCUT2D eigenvalue weighted by atomic mass is 9.76. The number of nitrogens with one attached hydrogen (secondary N) is 2. The Bertz CT molecular complexity index is 624. The summed E-state index contributed by atoms with van der Waals surface area (Å²) in [6.45, 7) is 5.78. The van der Waals surface area contributed by atoms with E-state index in [0.717, 1.165) is 37.2 Å². The van der Waals surface area contributed by atoms with E-state index in [4.69, 9.17) is 4.74 Å². The van der Waals surface area contributed by atoms with Gasteiger partial charge in [-0.1, -0.05) is 0 Å². The fourth-order valence-electron chi connectivity index (χ4n) is 3.44. The third kappa shape index (κ3) is 3.22. The fraction of sp³-hybridized carbons (Fsp3) is 0.588. The molecule has 0 bridgehead atoms.